The van der Waals surface area contributed by atoms with Gasteiger partial charge in [-0.1, -0.05) is 49.4 Å². The van der Waals surface area contributed by atoms with Gasteiger partial charge in [-0.05, 0) is 48.6 Å². The summed E-state index contributed by atoms with van der Waals surface area (Å²) in [6.07, 6.45) is 6.45. The Morgan fingerprint density at radius 2 is 2.00 bits per heavy atom. The maximum Gasteiger partial charge on any atom is 0.224 e. The van der Waals surface area contributed by atoms with E-state index in [0.29, 0.717) is 24.6 Å². The van der Waals surface area contributed by atoms with Gasteiger partial charge >= 0.3 is 0 Å². The third kappa shape index (κ3) is 6.33. The second kappa shape index (κ2) is 11.6. The van der Waals surface area contributed by atoms with E-state index >= 15 is 0 Å². The molecule has 1 aliphatic heterocycles. The Kier molecular flexibility index (Phi) is 8.11. The molecule has 1 amide bonds. The van der Waals surface area contributed by atoms with Gasteiger partial charge in [-0.2, -0.15) is 5.26 Å². The van der Waals surface area contributed by atoms with Crippen LogP contribution < -0.4 is 5.32 Å². The van der Waals surface area contributed by atoms with Gasteiger partial charge in [0, 0.05) is 44.5 Å². The molecule has 0 radical (unpaired) electrons. The molecule has 0 aliphatic carbocycles. The molecule has 1 N–H and O–H groups in total. The Bertz CT molecular complexity index is 1100. The smallest absolute Gasteiger partial charge is 0.224 e. The van der Waals surface area contributed by atoms with E-state index < -0.39 is 0 Å². The number of carbonyl (C=O) groups excluding carboxylic acids is 1. The number of likely N-dealkylation sites (tertiary alicyclic amines) is 1. The maximum absolute atomic E-state index is 12.9. The number of nitrogens with zero attached hydrogens (tertiary/aromatic N) is 4. The fourth-order valence-corrected chi connectivity index (χ4v) is 4.75. The van der Waals surface area contributed by atoms with Gasteiger partial charge < -0.3 is 14.8 Å². The van der Waals surface area contributed by atoms with Gasteiger partial charge in [0.05, 0.1) is 23.9 Å². The average Bonchev–Trinajstić information content (AvgIpc) is 3.31. The van der Waals surface area contributed by atoms with E-state index in [1.54, 1.807) is 0 Å². The highest BCUT2D eigenvalue weighted by molar-refractivity contribution is 5.78. The first kappa shape index (κ1) is 23.7. The molecule has 1 fully saturated rings. The summed E-state index contributed by atoms with van der Waals surface area (Å²) in [6.45, 7) is 6.46. The van der Waals surface area contributed by atoms with Crippen molar-refractivity contribution in [1.82, 2.24) is 19.8 Å². The van der Waals surface area contributed by atoms with Crippen LogP contribution in [0.1, 0.15) is 48.1 Å². The van der Waals surface area contributed by atoms with Gasteiger partial charge in [-0.3, -0.25) is 4.79 Å². The number of nitrogens with one attached hydrogen (secondary N) is 1. The number of amides is 1. The quantitative estimate of drug-likeness (QED) is 0.530. The highest BCUT2D eigenvalue weighted by Crippen LogP contribution is 2.22. The third-order valence-corrected chi connectivity index (χ3v) is 6.69. The minimum absolute atomic E-state index is 0.0558. The predicted molar refractivity (Wildman–Crippen MR) is 133 cm³/mol. The summed E-state index contributed by atoms with van der Waals surface area (Å²) in [7, 11) is 0. The second-order valence-corrected chi connectivity index (χ2v) is 9.27. The van der Waals surface area contributed by atoms with Crippen molar-refractivity contribution in [3.63, 3.8) is 0 Å². The molecule has 1 aliphatic rings. The van der Waals surface area contributed by atoms with Crippen LogP contribution in [-0.4, -0.2) is 46.5 Å². The van der Waals surface area contributed by atoms with Gasteiger partial charge in [-0.25, -0.2) is 4.98 Å². The molecule has 2 atom stereocenters. The fraction of sp³-hybridized carbons (Fsp3) is 0.393. The Morgan fingerprint density at radius 1 is 1.21 bits per heavy atom. The van der Waals surface area contributed by atoms with Crippen LogP contribution in [0, 0.1) is 17.2 Å². The van der Waals surface area contributed by atoms with Gasteiger partial charge in [0.2, 0.25) is 5.91 Å². The van der Waals surface area contributed by atoms with Crippen molar-refractivity contribution in [2.24, 2.45) is 5.92 Å². The number of hydrogen-bond acceptors (Lipinski definition) is 4. The van der Waals surface area contributed by atoms with Crippen LogP contribution in [0.4, 0.5) is 0 Å². The minimum atomic E-state index is 0.0558. The number of piperidine rings is 1. The van der Waals surface area contributed by atoms with Crippen LogP contribution in [0.2, 0.25) is 0 Å². The van der Waals surface area contributed by atoms with E-state index in [0.717, 1.165) is 50.2 Å². The first-order valence-corrected chi connectivity index (χ1v) is 12.2. The Labute approximate surface area is 202 Å². The Morgan fingerprint density at radius 3 is 2.76 bits per heavy atom. The standard InChI is InChI=1S/C28H33N5O/c1-22(25-6-3-2-4-7-25)18-32-15-5-8-26(20-32)28(34)31-14-13-27-17-30-21-33(27)19-24-11-9-23(16-29)10-12-24/h2-4,6-7,9-12,17,21-22,26H,5,8,13-15,18-20H2,1H3,(H,31,34). The first-order valence-electron chi connectivity index (χ1n) is 12.2. The van der Waals surface area contributed by atoms with Crippen molar-refractivity contribution < 1.29 is 4.79 Å². The lowest BCUT2D eigenvalue weighted by Crippen LogP contribution is -2.44. The zero-order valence-corrected chi connectivity index (χ0v) is 19.9. The van der Waals surface area contributed by atoms with Gasteiger partial charge in [-0.15, -0.1) is 0 Å². The largest absolute Gasteiger partial charge is 0.355 e. The number of rotatable bonds is 9. The molecule has 1 aromatic heterocycles. The van der Waals surface area contributed by atoms with E-state index in [2.05, 4.69) is 63.1 Å². The number of aromatic nitrogens is 2. The van der Waals surface area contributed by atoms with Crippen LogP contribution in [-0.2, 0) is 17.8 Å². The molecular weight excluding hydrogens is 422 g/mol. The molecule has 0 spiro atoms. The third-order valence-electron chi connectivity index (χ3n) is 6.69. The molecule has 4 rings (SSSR count). The molecule has 0 saturated carbocycles. The van der Waals surface area contributed by atoms with Crippen LogP contribution in [0.15, 0.2) is 67.1 Å². The molecule has 2 unspecified atom stereocenters. The first-order chi connectivity index (χ1) is 16.6. The lowest BCUT2D eigenvalue weighted by atomic mass is 9.94. The second-order valence-electron chi connectivity index (χ2n) is 9.27. The van der Waals surface area contributed by atoms with E-state index in [4.69, 9.17) is 5.26 Å². The summed E-state index contributed by atoms with van der Waals surface area (Å²) < 4.78 is 2.10. The van der Waals surface area contributed by atoms with E-state index in [-0.39, 0.29) is 11.8 Å². The zero-order valence-electron chi connectivity index (χ0n) is 19.9. The number of carbonyl (C=O) groups is 1. The molecule has 2 heterocycles. The van der Waals surface area contributed by atoms with Crippen LogP contribution in [0.5, 0.6) is 0 Å². The molecular formula is C28H33N5O. The maximum atomic E-state index is 12.9. The molecule has 1 saturated heterocycles. The van der Waals surface area contributed by atoms with E-state index in [1.165, 1.54) is 5.56 Å². The number of hydrogen-bond donors (Lipinski definition) is 1. The summed E-state index contributed by atoms with van der Waals surface area (Å²) >= 11 is 0. The average molecular weight is 456 g/mol. The van der Waals surface area contributed by atoms with Crippen molar-refractivity contribution in [3.8, 4) is 6.07 Å². The SMILES string of the molecule is CC(CN1CCCC(C(=O)NCCc2cncn2Cc2ccc(C#N)cc2)C1)c1ccccc1. The van der Waals surface area contributed by atoms with Crippen molar-refractivity contribution >= 4 is 5.91 Å². The van der Waals surface area contributed by atoms with Crippen molar-refractivity contribution in [2.75, 3.05) is 26.2 Å². The summed E-state index contributed by atoms with van der Waals surface area (Å²) in [5, 5.41) is 12.1. The van der Waals surface area contributed by atoms with Crippen molar-refractivity contribution in [1.29, 1.82) is 5.26 Å². The van der Waals surface area contributed by atoms with Crippen molar-refractivity contribution in [3.05, 3.63) is 89.5 Å². The molecule has 2 aromatic carbocycles. The van der Waals surface area contributed by atoms with Crippen LogP contribution in [0.25, 0.3) is 0 Å². The zero-order chi connectivity index (χ0) is 23.8. The monoisotopic (exact) mass is 455 g/mol. The predicted octanol–water partition coefficient (Wildman–Crippen LogP) is 3.98. The van der Waals surface area contributed by atoms with E-state index in [9.17, 15) is 4.79 Å². The van der Waals surface area contributed by atoms with Gasteiger partial charge in [0.25, 0.3) is 0 Å². The lowest BCUT2D eigenvalue weighted by Gasteiger charge is -2.33. The summed E-state index contributed by atoms with van der Waals surface area (Å²) in [6, 6.07) is 20.4. The lowest BCUT2D eigenvalue weighted by molar-refractivity contribution is -0.126. The molecule has 176 valence electrons. The highest BCUT2D eigenvalue weighted by atomic mass is 16.1. The molecule has 3 aromatic rings. The summed E-state index contributed by atoms with van der Waals surface area (Å²) in [4.78, 5) is 19.6. The summed E-state index contributed by atoms with van der Waals surface area (Å²) in [5.41, 5.74) is 4.22. The molecule has 0 bridgehead atoms. The molecule has 6 nitrogen and oxygen atoms in total. The molecule has 34 heavy (non-hydrogen) atoms. The number of nitriles is 1. The number of benzene rings is 2. The molecule has 6 heteroatoms. The number of imidazole rings is 1. The topological polar surface area (TPSA) is 74.0 Å². The van der Waals surface area contributed by atoms with Crippen LogP contribution >= 0.6 is 0 Å². The Balaban J connectivity index is 1.24. The van der Waals surface area contributed by atoms with Gasteiger partial charge in [0.15, 0.2) is 0 Å². The van der Waals surface area contributed by atoms with Crippen LogP contribution in [0.3, 0.4) is 0 Å². The summed E-state index contributed by atoms with van der Waals surface area (Å²) in [5.74, 6) is 0.676. The fourth-order valence-electron chi connectivity index (χ4n) is 4.75. The minimum Gasteiger partial charge on any atom is -0.355 e. The Hall–Kier alpha value is -3.43. The van der Waals surface area contributed by atoms with Gasteiger partial charge in [0.1, 0.15) is 0 Å². The normalized spacial score (nSPS) is 17.1. The van der Waals surface area contributed by atoms with Crippen molar-refractivity contribution in [2.45, 2.75) is 38.6 Å². The van der Waals surface area contributed by atoms with E-state index in [1.807, 2.05) is 36.8 Å². The highest BCUT2D eigenvalue weighted by Gasteiger charge is 2.26.